The largest absolute Gasteiger partial charge is 0.435 e. The second-order valence-electron chi connectivity index (χ2n) is 4.85. The maximum atomic E-state index is 12.4. The standard InChI is InChI=1S/C17H12F5NO2/c18-16(19)25-14-8-1-11(2-9-14)3-10-15(24)23-13-6-4-12(5-7-13)17(20,21)22/h1-10,16H,(H,23,24)/b10-3+. The summed E-state index contributed by atoms with van der Waals surface area (Å²) in [4.78, 5) is 11.7. The van der Waals surface area contributed by atoms with Crippen LogP contribution in [0.3, 0.4) is 0 Å². The van der Waals surface area contributed by atoms with Crippen molar-refractivity contribution in [3.8, 4) is 5.75 Å². The lowest BCUT2D eigenvalue weighted by Gasteiger charge is -2.07. The van der Waals surface area contributed by atoms with Crippen molar-refractivity contribution in [3.05, 3.63) is 65.7 Å². The first kappa shape index (κ1) is 18.4. The Morgan fingerprint density at radius 3 is 2.12 bits per heavy atom. The average molecular weight is 357 g/mol. The first-order valence-corrected chi connectivity index (χ1v) is 6.95. The first-order valence-electron chi connectivity index (χ1n) is 6.95. The van der Waals surface area contributed by atoms with Gasteiger partial charge in [0.15, 0.2) is 0 Å². The molecule has 0 aliphatic rings. The van der Waals surface area contributed by atoms with Crippen LogP contribution in [0.25, 0.3) is 6.08 Å². The van der Waals surface area contributed by atoms with Crippen LogP contribution < -0.4 is 10.1 Å². The number of ether oxygens (including phenoxy) is 1. The van der Waals surface area contributed by atoms with Gasteiger partial charge in [-0.2, -0.15) is 22.0 Å². The van der Waals surface area contributed by atoms with Gasteiger partial charge < -0.3 is 10.1 Å². The Balaban J connectivity index is 1.94. The van der Waals surface area contributed by atoms with Gasteiger partial charge in [-0.15, -0.1) is 0 Å². The normalized spacial score (nSPS) is 11.8. The van der Waals surface area contributed by atoms with E-state index < -0.39 is 24.3 Å². The van der Waals surface area contributed by atoms with E-state index in [4.69, 9.17) is 0 Å². The van der Waals surface area contributed by atoms with Gasteiger partial charge in [0.05, 0.1) is 5.56 Å². The Hall–Kier alpha value is -2.90. The minimum Gasteiger partial charge on any atom is -0.435 e. The van der Waals surface area contributed by atoms with Gasteiger partial charge in [-0.25, -0.2) is 0 Å². The summed E-state index contributed by atoms with van der Waals surface area (Å²) in [7, 11) is 0. The highest BCUT2D eigenvalue weighted by Crippen LogP contribution is 2.29. The number of hydrogen-bond acceptors (Lipinski definition) is 2. The molecule has 25 heavy (non-hydrogen) atoms. The summed E-state index contributed by atoms with van der Waals surface area (Å²) >= 11 is 0. The number of rotatable bonds is 5. The first-order chi connectivity index (χ1) is 11.7. The monoisotopic (exact) mass is 357 g/mol. The predicted octanol–water partition coefficient (Wildman–Crippen LogP) is 4.96. The third-order valence-electron chi connectivity index (χ3n) is 3.01. The van der Waals surface area contributed by atoms with Crippen LogP contribution in [-0.2, 0) is 11.0 Å². The molecule has 0 saturated heterocycles. The molecule has 2 rings (SSSR count). The second-order valence-corrected chi connectivity index (χ2v) is 4.85. The van der Waals surface area contributed by atoms with E-state index in [1.54, 1.807) is 0 Å². The number of alkyl halides is 5. The fourth-order valence-corrected chi connectivity index (χ4v) is 1.86. The minimum absolute atomic E-state index is 0.0126. The summed E-state index contributed by atoms with van der Waals surface area (Å²) in [6, 6.07) is 9.59. The highest BCUT2D eigenvalue weighted by Gasteiger charge is 2.29. The van der Waals surface area contributed by atoms with E-state index in [0.717, 1.165) is 24.3 Å². The van der Waals surface area contributed by atoms with Crippen LogP contribution in [0.1, 0.15) is 11.1 Å². The zero-order valence-electron chi connectivity index (χ0n) is 12.6. The maximum absolute atomic E-state index is 12.4. The molecule has 0 bridgehead atoms. The van der Waals surface area contributed by atoms with Crippen LogP contribution >= 0.6 is 0 Å². The highest BCUT2D eigenvalue weighted by atomic mass is 19.4. The molecule has 1 amide bonds. The number of anilines is 1. The molecule has 0 unspecified atom stereocenters. The third-order valence-corrected chi connectivity index (χ3v) is 3.01. The van der Waals surface area contributed by atoms with Crippen molar-refractivity contribution >= 4 is 17.7 Å². The molecule has 2 aromatic rings. The van der Waals surface area contributed by atoms with Crippen LogP contribution in [0.4, 0.5) is 27.6 Å². The van der Waals surface area contributed by atoms with Gasteiger partial charge in [-0.05, 0) is 48.0 Å². The van der Waals surface area contributed by atoms with Crippen molar-refractivity contribution < 1.29 is 31.5 Å². The van der Waals surface area contributed by atoms with Gasteiger partial charge in [0.1, 0.15) is 5.75 Å². The lowest BCUT2D eigenvalue weighted by Crippen LogP contribution is -2.09. The van der Waals surface area contributed by atoms with Crippen molar-refractivity contribution in [2.75, 3.05) is 5.32 Å². The van der Waals surface area contributed by atoms with Crippen molar-refractivity contribution in [2.45, 2.75) is 12.8 Å². The number of carbonyl (C=O) groups excluding carboxylic acids is 1. The Bertz CT molecular complexity index is 737. The Kier molecular flexibility index (Phi) is 5.74. The Morgan fingerprint density at radius 2 is 1.60 bits per heavy atom. The zero-order chi connectivity index (χ0) is 18.4. The second kappa shape index (κ2) is 7.78. The van der Waals surface area contributed by atoms with Crippen LogP contribution in [0, 0.1) is 0 Å². The van der Waals surface area contributed by atoms with Crippen LogP contribution in [0.2, 0.25) is 0 Å². The number of hydrogen-bond donors (Lipinski definition) is 1. The van der Waals surface area contributed by atoms with Gasteiger partial charge in [0.2, 0.25) is 5.91 Å². The quantitative estimate of drug-likeness (QED) is 0.607. The lowest BCUT2D eigenvalue weighted by molar-refractivity contribution is -0.137. The zero-order valence-corrected chi connectivity index (χ0v) is 12.6. The molecule has 0 aliphatic carbocycles. The fourth-order valence-electron chi connectivity index (χ4n) is 1.86. The summed E-state index contributed by atoms with van der Waals surface area (Å²) in [5.74, 6) is -0.561. The van der Waals surface area contributed by atoms with E-state index in [1.165, 1.54) is 36.4 Å². The molecule has 1 N–H and O–H groups in total. The molecule has 0 spiro atoms. The summed E-state index contributed by atoms with van der Waals surface area (Å²) in [6.07, 6.45) is -1.85. The molecule has 0 atom stereocenters. The average Bonchev–Trinajstić information content (AvgIpc) is 2.53. The number of nitrogens with one attached hydrogen (secondary N) is 1. The van der Waals surface area contributed by atoms with Crippen LogP contribution in [0.15, 0.2) is 54.6 Å². The number of carbonyl (C=O) groups is 1. The van der Waals surface area contributed by atoms with Crippen molar-refractivity contribution in [1.82, 2.24) is 0 Å². The molecule has 0 aliphatic heterocycles. The van der Waals surface area contributed by atoms with Gasteiger partial charge in [0, 0.05) is 11.8 Å². The van der Waals surface area contributed by atoms with Gasteiger partial charge in [-0.3, -0.25) is 4.79 Å². The van der Waals surface area contributed by atoms with Gasteiger partial charge >= 0.3 is 12.8 Å². The van der Waals surface area contributed by atoms with Crippen molar-refractivity contribution in [1.29, 1.82) is 0 Å². The van der Waals surface area contributed by atoms with Crippen molar-refractivity contribution in [3.63, 3.8) is 0 Å². The van der Waals surface area contributed by atoms with Crippen molar-refractivity contribution in [2.24, 2.45) is 0 Å². The Morgan fingerprint density at radius 1 is 1.00 bits per heavy atom. The van der Waals surface area contributed by atoms with Crippen LogP contribution in [0.5, 0.6) is 5.75 Å². The molecule has 0 aromatic heterocycles. The maximum Gasteiger partial charge on any atom is 0.416 e. The molecular formula is C17H12F5NO2. The topological polar surface area (TPSA) is 38.3 Å². The molecule has 0 saturated carbocycles. The predicted molar refractivity (Wildman–Crippen MR) is 82.2 cm³/mol. The molecule has 0 heterocycles. The number of amides is 1. The molecule has 2 aromatic carbocycles. The summed E-state index contributed by atoms with van der Waals surface area (Å²) < 4.78 is 65.6. The van der Waals surface area contributed by atoms with E-state index in [2.05, 4.69) is 10.1 Å². The van der Waals surface area contributed by atoms with E-state index >= 15 is 0 Å². The highest BCUT2D eigenvalue weighted by molar-refractivity contribution is 6.01. The summed E-state index contributed by atoms with van der Waals surface area (Å²) in [5.41, 5.74) is -0.0420. The van der Waals surface area contributed by atoms with E-state index in [1.807, 2.05) is 0 Å². The smallest absolute Gasteiger partial charge is 0.416 e. The SMILES string of the molecule is O=C(/C=C/c1ccc(OC(F)F)cc1)Nc1ccc(C(F)(F)F)cc1. The Labute approximate surface area is 139 Å². The molecule has 132 valence electrons. The van der Waals surface area contributed by atoms with Gasteiger partial charge in [-0.1, -0.05) is 12.1 Å². The van der Waals surface area contributed by atoms with E-state index in [9.17, 15) is 26.7 Å². The van der Waals surface area contributed by atoms with Gasteiger partial charge in [0.25, 0.3) is 0 Å². The number of halogens is 5. The summed E-state index contributed by atoms with van der Waals surface area (Å²) in [5, 5.41) is 2.41. The summed E-state index contributed by atoms with van der Waals surface area (Å²) in [6.45, 7) is -2.92. The molecular weight excluding hydrogens is 345 g/mol. The molecule has 3 nitrogen and oxygen atoms in total. The van der Waals surface area contributed by atoms with E-state index in [0.29, 0.717) is 5.56 Å². The molecule has 0 radical (unpaired) electrons. The molecule has 8 heteroatoms. The third kappa shape index (κ3) is 5.91. The minimum atomic E-state index is -4.44. The number of benzene rings is 2. The fraction of sp³-hybridized carbons (Fsp3) is 0.118. The molecule has 0 fully saturated rings. The lowest BCUT2D eigenvalue weighted by atomic mass is 10.2. The van der Waals surface area contributed by atoms with Crippen LogP contribution in [-0.4, -0.2) is 12.5 Å². The van der Waals surface area contributed by atoms with E-state index in [-0.39, 0.29) is 11.4 Å².